The van der Waals surface area contributed by atoms with Crippen molar-refractivity contribution in [2.45, 2.75) is 20.8 Å². The van der Waals surface area contributed by atoms with Crippen LogP contribution in [-0.2, 0) is 9.59 Å². The lowest BCUT2D eigenvalue weighted by Gasteiger charge is -2.19. The van der Waals surface area contributed by atoms with Gasteiger partial charge in [-0.3, -0.25) is 9.59 Å². The Hall–Kier alpha value is -3.49. The second-order valence-electron chi connectivity index (χ2n) is 5.83. The van der Waals surface area contributed by atoms with Crippen molar-refractivity contribution in [3.8, 4) is 0 Å². The summed E-state index contributed by atoms with van der Waals surface area (Å²) in [6.07, 6.45) is 1.54. The number of amides is 2. The van der Waals surface area contributed by atoms with Gasteiger partial charge in [0.2, 0.25) is 17.8 Å². The van der Waals surface area contributed by atoms with Gasteiger partial charge >= 0.3 is 0 Å². The van der Waals surface area contributed by atoms with Crippen molar-refractivity contribution in [1.29, 1.82) is 0 Å². The first-order valence-corrected chi connectivity index (χ1v) is 7.96. The van der Waals surface area contributed by atoms with Crippen LogP contribution in [0.4, 0.5) is 23.0 Å². The van der Waals surface area contributed by atoms with Gasteiger partial charge in [0.25, 0.3) is 0 Å². The smallest absolute Gasteiger partial charge is 0.234 e. The first-order valence-electron chi connectivity index (χ1n) is 7.96. The van der Waals surface area contributed by atoms with Crippen LogP contribution >= 0.6 is 0 Å². The van der Waals surface area contributed by atoms with Crippen molar-refractivity contribution in [2.75, 3.05) is 22.6 Å². The van der Waals surface area contributed by atoms with Crippen molar-refractivity contribution in [2.24, 2.45) is 0 Å². The number of aryl methyl sites for hydroxylation is 1. The molecule has 0 aliphatic rings. The van der Waals surface area contributed by atoms with E-state index in [2.05, 4.69) is 25.7 Å². The number of rotatable bonds is 4. The van der Waals surface area contributed by atoms with Gasteiger partial charge in [-0.25, -0.2) is 4.98 Å². The van der Waals surface area contributed by atoms with Crippen molar-refractivity contribution in [1.82, 2.24) is 19.6 Å². The summed E-state index contributed by atoms with van der Waals surface area (Å²) in [7, 11) is 1.86. The zero-order valence-corrected chi connectivity index (χ0v) is 14.9. The Kier molecular flexibility index (Phi) is 4.53. The van der Waals surface area contributed by atoms with E-state index in [0.29, 0.717) is 28.8 Å². The summed E-state index contributed by atoms with van der Waals surface area (Å²) < 4.78 is 1.57. The van der Waals surface area contributed by atoms with Crippen LogP contribution in [0.15, 0.2) is 30.5 Å². The third-order valence-corrected chi connectivity index (χ3v) is 3.65. The van der Waals surface area contributed by atoms with E-state index < -0.39 is 0 Å². The Labute approximate surface area is 150 Å². The minimum Gasteiger partial charge on any atom is -0.326 e. The van der Waals surface area contributed by atoms with Crippen molar-refractivity contribution in [3.05, 3.63) is 36.3 Å². The van der Waals surface area contributed by atoms with Crippen LogP contribution in [0.2, 0.25) is 0 Å². The topological polar surface area (TPSA) is 105 Å². The lowest BCUT2D eigenvalue weighted by molar-refractivity contribution is -0.115. The molecule has 3 aromatic rings. The lowest BCUT2D eigenvalue weighted by Crippen LogP contribution is -2.17. The Morgan fingerprint density at radius 1 is 1.04 bits per heavy atom. The molecule has 0 bridgehead atoms. The third kappa shape index (κ3) is 3.46. The van der Waals surface area contributed by atoms with Gasteiger partial charge in [0.05, 0.1) is 6.20 Å². The predicted octanol–water partition coefficient (Wildman–Crippen LogP) is 2.12. The van der Waals surface area contributed by atoms with E-state index in [1.165, 1.54) is 13.8 Å². The van der Waals surface area contributed by atoms with Crippen molar-refractivity contribution >= 4 is 40.5 Å². The van der Waals surface area contributed by atoms with E-state index in [-0.39, 0.29) is 11.8 Å². The molecule has 2 amide bonds. The molecule has 0 fully saturated rings. The van der Waals surface area contributed by atoms with Crippen LogP contribution in [0.25, 0.3) is 5.65 Å². The van der Waals surface area contributed by atoms with Gasteiger partial charge in [-0.2, -0.15) is 14.6 Å². The molecule has 0 atom stereocenters. The molecule has 134 valence electrons. The van der Waals surface area contributed by atoms with Crippen LogP contribution in [0.3, 0.4) is 0 Å². The maximum absolute atomic E-state index is 11.4. The molecule has 9 heteroatoms. The summed E-state index contributed by atoms with van der Waals surface area (Å²) in [5.74, 6) is 0.790. The van der Waals surface area contributed by atoms with Gasteiger partial charge in [0, 0.05) is 32.3 Å². The standard InChI is InChI=1S/C17H19N7O2/c1-10-19-16-15(22-12(3)26)9-18-24(16)17(20-10)23(4)14-7-5-13(6-8-14)21-11(2)25/h5-9H,1-4H3,(H,21,25)(H,22,26). The average molecular weight is 353 g/mol. The van der Waals surface area contributed by atoms with Gasteiger partial charge in [0.1, 0.15) is 11.5 Å². The normalized spacial score (nSPS) is 10.6. The van der Waals surface area contributed by atoms with Crippen LogP contribution < -0.4 is 15.5 Å². The summed E-state index contributed by atoms with van der Waals surface area (Å²) >= 11 is 0. The lowest BCUT2D eigenvalue weighted by atomic mass is 10.2. The third-order valence-electron chi connectivity index (χ3n) is 3.65. The molecule has 2 N–H and O–H groups in total. The SMILES string of the molecule is CC(=O)Nc1ccc(N(C)c2nc(C)nc3c(NC(C)=O)cnn23)cc1. The Morgan fingerprint density at radius 2 is 1.69 bits per heavy atom. The Morgan fingerprint density at radius 3 is 2.31 bits per heavy atom. The molecule has 3 rings (SSSR count). The molecular formula is C17H19N7O2. The number of fused-ring (bicyclic) bond motifs is 1. The van der Waals surface area contributed by atoms with Crippen LogP contribution in [0.1, 0.15) is 19.7 Å². The monoisotopic (exact) mass is 353 g/mol. The fourth-order valence-corrected chi connectivity index (χ4v) is 2.55. The van der Waals surface area contributed by atoms with Crippen LogP contribution in [0.5, 0.6) is 0 Å². The number of aromatic nitrogens is 4. The number of hydrogen-bond acceptors (Lipinski definition) is 6. The van der Waals surface area contributed by atoms with E-state index in [9.17, 15) is 9.59 Å². The van der Waals surface area contributed by atoms with Gasteiger partial charge in [-0.1, -0.05) is 0 Å². The van der Waals surface area contributed by atoms with E-state index in [1.807, 2.05) is 36.2 Å². The van der Waals surface area contributed by atoms with Crippen LogP contribution in [-0.4, -0.2) is 38.4 Å². The largest absolute Gasteiger partial charge is 0.326 e. The molecule has 0 saturated heterocycles. The molecular weight excluding hydrogens is 334 g/mol. The first-order chi connectivity index (χ1) is 12.3. The summed E-state index contributed by atoms with van der Waals surface area (Å²) in [6, 6.07) is 7.36. The fraction of sp³-hybridized carbons (Fsp3) is 0.235. The number of anilines is 4. The quantitative estimate of drug-likeness (QED) is 0.744. The highest BCUT2D eigenvalue weighted by atomic mass is 16.2. The highest BCUT2D eigenvalue weighted by molar-refractivity contribution is 5.92. The van der Waals surface area contributed by atoms with E-state index >= 15 is 0 Å². The van der Waals surface area contributed by atoms with Gasteiger partial charge in [0.15, 0.2) is 5.65 Å². The van der Waals surface area contributed by atoms with Gasteiger partial charge < -0.3 is 15.5 Å². The summed E-state index contributed by atoms with van der Waals surface area (Å²) in [5, 5.41) is 9.74. The molecule has 0 aliphatic carbocycles. The molecule has 0 saturated carbocycles. The maximum Gasteiger partial charge on any atom is 0.234 e. The Balaban J connectivity index is 2.00. The molecule has 26 heavy (non-hydrogen) atoms. The number of carbonyl (C=O) groups excluding carboxylic acids is 2. The molecule has 2 aromatic heterocycles. The minimum atomic E-state index is -0.195. The minimum absolute atomic E-state index is 0.124. The van der Waals surface area contributed by atoms with E-state index in [1.54, 1.807) is 17.6 Å². The van der Waals surface area contributed by atoms with Crippen molar-refractivity contribution in [3.63, 3.8) is 0 Å². The highest BCUT2D eigenvalue weighted by Crippen LogP contribution is 2.26. The van der Waals surface area contributed by atoms with Crippen LogP contribution in [0, 0.1) is 6.92 Å². The zero-order chi connectivity index (χ0) is 18.8. The first kappa shape index (κ1) is 17.3. The number of nitrogens with one attached hydrogen (secondary N) is 2. The van der Waals surface area contributed by atoms with Gasteiger partial charge in [-0.05, 0) is 31.2 Å². The summed E-state index contributed by atoms with van der Waals surface area (Å²) in [4.78, 5) is 33.2. The number of benzene rings is 1. The molecule has 0 aliphatic heterocycles. The fourth-order valence-electron chi connectivity index (χ4n) is 2.55. The van der Waals surface area contributed by atoms with E-state index in [0.717, 1.165) is 5.69 Å². The van der Waals surface area contributed by atoms with Crippen molar-refractivity contribution < 1.29 is 9.59 Å². The highest BCUT2D eigenvalue weighted by Gasteiger charge is 2.16. The molecule has 9 nitrogen and oxygen atoms in total. The average Bonchev–Trinajstić information content (AvgIpc) is 2.96. The number of nitrogens with zero attached hydrogens (tertiary/aromatic N) is 5. The summed E-state index contributed by atoms with van der Waals surface area (Å²) in [6.45, 7) is 4.67. The number of hydrogen-bond donors (Lipinski definition) is 2. The number of carbonyl (C=O) groups is 2. The molecule has 2 heterocycles. The maximum atomic E-state index is 11.4. The predicted molar refractivity (Wildman–Crippen MR) is 98.6 cm³/mol. The Bertz CT molecular complexity index is 979. The second kappa shape index (κ2) is 6.79. The van der Waals surface area contributed by atoms with Gasteiger partial charge in [-0.15, -0.1) is 0 Å². The summed E-state index contributed by atoms with van der Waals surface area (Å²) in [5.41, 5.74) is 2.61. The second-order valence-corrected chi connectivity index (χ2v) is 5.83. The molecule has 0 spiro atoms. The molecule has 0 radical (unpaired) electrons. The zero-order valence-electron chi connectivity index (χ0n) is 14.9. The van der Waals surface area contributed by atoms with E-state index in [4.69, 9.17) is 0 Å². The molecule has 1 aromatic carbocycles. The molecule has 0 unspecified atom stereocenters.